The highest BCUT2D eigenvalue weighted by molar-refractivity contribution is 5.85. The van der Waals surface area contributed by atoms with Crippen LogP contribution in [0.15, 0.2) is 0 Å². The third-order valence-corrected chi connectivity index (χ3v) is 2.72. The lowest BCUT2D eigenvalue weighted by molar-refractivity contribution is -0.147. The molecular weight excluding hydrogens is 178 g/mol. The van der Waals surface area contributed by atoms with E-state index in [0.29, 0.717) is 6.61 Å². The van der Waals surface area contributed by atoms with E-state index >= 15 is 0 Å². The third-order valence-electron chi connectivity index (χ3n) is 2.72. The van der Waals surface area contributed by atoms with Gasteiger partial charge in [0, 0.05) is 6.54 Å². The van der Waals surface area contributed by atoms with Gasteiger partial charge in [0.25, 0.3) is 0 Å². The maximum Gasteiger partial charge on any atom is 0.313 e. The fourth-order valence-electron chi connectivity index (χ4n) is 1.95. The molecule has 2 aliphatic heterocycles. The summed E-state index contributed by atoms with van der Waals surface area (Å²) in [5, 5.41) is 3.25. The first-order valence-electron chi connectivity index (χ1n) is 4.21. The zero-order chi connectivity index (χ0) is 7.73. The van der Waals surface area contributed by atoms with Crippen LogP contribution in [0.4, 0.5) is 0 Å². The summed E-state index contributed by atoms with van der Waals surface area (Å²) in [4.78, 5) is 11.3. The quantitative estimate of drug-likeness (QED) is 0.574. The summed E-state index contributed by atoms with van der Waals surface area (Å²) in [6.45, 7) is 2.50. The van der Waals surface area contributed by atoms with Gasteiger partial charge in [-0.3, -0.25) is 4.79 Å². The molecule has 0 aromatic rings. The van der Waals surface area contributed by atoms with Gasteiger partial charge >= 0.3 is 5.97 Å². The molecule has 2 aliphatic rings. The molecule has 0 aromatic heterocycles. The monoisotopic (exact) mass is 191 g/mol. The Hall–Kier alpha value is -0.280. The van der Waals surface area contributed by atoms with Gasteiger partial charge in [-0.25, -0.2) is 0 Å². The minimum absolute atomic E-state index is 0. The van der Waals surface area contributed by atoms with Crippen molar-refractivity contribution in [1.82, 2.24) is 5.32 Å². The van der Waals surface area contributed by atoms with Crippen molar-refractivity contribution in [3.8, 4) is 0 Å². The highest BCUT2D eigenvalue weighted by Gasteiger charge is 2.44. The number of nitrogens with one attached hydrogen (secondary N) is 1. The molecule has 4 heteroatoms. The molecule has 12 heavy (non-hydrogen) atoms. The van der Waals surface area contributed by atoms with E-state index in [1.807, 2.05) is 0 Å². The van der Waals surface area contributed by atoms with E-state index in [4.69, 9.17) is 4.74 Å². The standard InChI is InChI=1S/C8H13NO2.ClH/c10-7-8(3-5-11-7)2-1-4-9-6-8;/h9H,1-6H2;1H. The number of ether oxygens (including phenoxy) is 1. The van der Waals surface area contributed by atoms with Crippen LogP contribution in [0.3, 0.4) is 0 Å². The molecule has 0 aromatic carbocycles. The average molecular weight is 192 g/mol. The van der Waals surface area contributed by atoms with Crippen LogP contribution in [0.2, 0.25) is 0 Å². The molecule has 0 saturated carbocycles. The van der Waals surface area contributed by atoms with Crippen molar-refractivity contribution in [2.45, 2.75) is 19.3 Å². The number of rotatable bonds is 0. The molecular formula is C8H14ClNO2. The van der Waals surface area contributed by atoms with Crippen LogP contribution in [-0.4, -0.2) is 25.7 Å². The Bertz CT molecular complexity index is 178. The molecule has 2 saturated heterocycles. The Balaban J connectivity index is 0.000000720. The lowest BCUT2D eigenvalue weighted by Crippen LogP contribution is -2.42. The van der Waals surface area contributed by atoms with Gasteiger partial charge in [-0.15, -0.1) is 12.4 Å². The van der Waals surface area contributed by atoms with E-state index in [9.17, 15) is 4.79 Å². The Labute approximate surface area is 78.3 Å². The summed E-state index contributed by atoms with van der Waals surface area (Å²) in [5.41, 5.74) is -0.141. The SMILES string of the molecule is Cl.O=C1OCCC12CCCNC2. The molecule has 0 bridgehead atoms. The van der Waals surface area contributed by atoms with Gasteiger partial charge in [-0.1, -0.05) is 0 Å². The minimum atomic E-state index is -0.141. The number of carbonyl (C=O) groups excluding carboxylic acids is 1. The molecule has 0 radical (unpaired) electrons. The van der Waals surface area contributed by atoms with Crippen molar-refractivity contribution in [2.75, 3.05) is 19.7 Å². The number of piperidine rings is 1. The lowest BCUT2D eigenvalue weighted by Gasteiger charge is -2.29. The van der Waals surface area contributed by atoms with Crippen LogP contribution in [0.25, 0.3) is 0 Å². The highest BCUT2D eigenvalue weighted by Crippen LogP contribution is 2.35. The maximum atomic E-state index is 11.3. The maximum absolute atomic E-state index is 11.3. The van der Waals surface area contributed by atoms with E-state index in [2.05, 4.69) is 5.32 Å². The Kier molecular flexibility index (Phi) is 2.96. The summed E-state index contributed by atoms with van der Waals surface area (Å²) < 4.78 is 4.97. The predicted molar refractivity (Wildman–Crippen MR) is 47.4 cm³/mol. The molecule has 1 N–H and O–H groups in total. The fraction of sp³-hybridized carbons (Fsp3) is 0.875. The molecule has 1 spiro atoms. The van der Waals surface area contributed by atoms with Crippen LogP contribution in [0.1, 0.15) is 19.3 Å². The summed E-state index contributed by atoms with van der Waals surface area (Å²) in [6.07, 6.45) is 3.03. The molecule has 2 rings (SSSR count). The number of halogens is 1. The van der Waals surface area contributed by atoms with Gasteiger partial charge in [0.15, 0.2) is 0 Å². The summed E-state index contributed by atoms with van der Waals surface area (Å²) in [5.74, 6) is 0.0182. The van der Waals surface area contributed by atoms with Crippen molar-refractivity contribution >= 4 is 18.4 Å². The van der Waals surface area contributed by atoms with Crippen molar-refractivity contribution < 1.29 is 9.53 Å². The normalized spacial score (nSPS) is 34.5. The van der Waals surface area contributed by atoms with Gasteiger partial charge in [0.2, 0.25) is 0 Å². The first kappa shape index (κ1) is 9.81. The molecule has 2 fully saturated rings. The number of carbonyl (C=O) groups is 1. The van der Waals surface area contributed by atoms with Gasteiger partial charge < -0.3 is 10.1 Å². The summed E-state index contributed by atoms with van der Waals surface area (Å²) >= 11 is 0. The van der Waals surface area contributed by atoms with E-state index in [1.165, 1.54) is 0 Å². The summed E-state index contributed by atoms with van der Waals surface area (Å²) in [6, 6.07) is 0. The van der Waals surface area contributed by atoms with E-state index < -0.39 is 0 Å². The Morgan fingerprint density at radius 3 is 2.75 bits per heavy atom. The molecule has 70 valence electrons. The molecule has 0 aliphatic carbocycles. The average Bonchev–Trinajstić information content (AvgIpc) is 2.36. The smallest absolute Gasteiger partial charge is 0.313 e. The van der Waals surface area contributed by atoms with Crippen molar-refractivity contribution in [3.63, 3.8) is 0 Å². The van der Waals surface area contributed by atoms with Crippen molar-refractivity contribution in [3.05, 3.63) is 0 Å². The number of esters is 1. The topological polar surface area (TPSA) is 38.3 Å². The predicted octanol–water partition coefficient (Wildman–Crippen LogP) is 0.725. The zero-order valence-electron chi connectivity index (χ0n) is 6.97. The van der Waals surface area contributed by atoms with Gasteiger partial charge in [-0.2, -0.15) is 0 Å². The van der Waals surface area contributed by atoms with Crippen LogP contribution in [0.5, 0.6) is 0 Å². The van der Waals surface area contributed by atoms with E-state index in [1.54, 1.807) is 0 Å². The largest absolute Gasteiger partial charge is 0.465 e. The number of hydrogen-bond donors (Lipinski definition) is 1. The molecule has 2 heterocycles. The first-order chi connectivity index (χ1) is 5.33. The van der Waals surface area contributed by atoms with E-state index in [-0.39, 0.29) is 23.8 Å². The Morgan fingerprint density at radius 2 is 2.25 bits per heavy atom. The molecule has 3 nitrogen and oxygen atoms in total. The second kappa shape index (κ2) is 3.62. The molecule has 1 unspecified atom stereocenters. The van der Waals surface area contributed by atoms with Crippen LogP contribution < -0.4 is 5.32 Å². The lowest BCUT2D eigenvalue weighted by atomic mass is 9.80. The van der Waals surface area contributed by atoms with Gasteiger partial charge in [0.05, 0.1) is 12.0 Å². The minimum Gasteiger partial charge on any atom is -0.465 e. The van der Waals surface area contributed by atoms with Crippen molar-refractivity contribution in [2.24, 2.45) is 5.41 Å². The van der Waals surface area contributed by atoms with E-state index in [0.717, 1.165) is 32.4 Å². The second-order valence-corrected chi connectivity index (χ2v) is 3.45. The third kappa shape index (κ3) is 1.43. The molecule has 0 amide bonds. The summed E-state index contributed by atoms with van der Waals surface area (Å²) in [7, 11) is 0. The first-order valence-corrected chi connectivity index (χ1v) is 4.21. The number of cyclic esters (lactones) is 1. The number of hydrogen-bond acceptors (Lipinski definition) is 3. The second-order valence-electron chi connectivity index (χ2n) is 3.45. The Morgan fingerprint density at radius 1 is 1.42 bits per heavy atom. The van der Waals surface area contributed by atoms with Gasteiger partial charge in [-0.05, 0) is 25.8 Å². The van der Waals surface area contributed by atoms with Gasteiger partial charge in [0.1, 0.15) is 0 Å². The fourth-order valence-corrected chi connectivity index (χ4v) is 1.95. The molecule has 1 atom stereocenters. The van der Waals surface area contributed by atoms with Crippen LogP contribution in [0, 0.1) is 5.41 Å². The van der Waals surface area contributed by atoms with Crippen LogP contribution in [-0.2, 0) is 9.53 Å². The van der Waals surface area contributed by atoms with Crippen molar-refractivity contribution in [1.29, 1.82) is 0 Å². The highest BCUT2D eigenvalue weighted by atomic mass is 35.5. The zero-order valence-corrected chi connectivity index (χ0v) is 7.78. The van der Waals surface area contributed by atoms with Crippen LogP contribution >= 0.6 is 12.4 Å².